The van der Waals surface area contributed by atoms with E-state index in [1.165, 1.54) is 37.5 Å². The fraction of sp³-hybridized carbons (Fsp3) is 0.531. The zero-order valence-corrected chi connectivity index (χ0v) is 23.2. The van der Waals surface area contributed by atoms with Crippen molar-refractivity contribution < 1.29 is 23.0 Å². The molecule has 39 heavy (non-hydrogen) atoms. The van der Waals surface area contributed by atoms with E-state index in [9.17, 15) is 13.6 Å². The number of esters is 1. The van der Waals surface area contributed by atoms with Crippen molar-refractivity contribution in [3.05, 3.63) is 59.7 Å². The van der Waals surface area contributed by atoms with Crippen molar-refractivity contribution in [1.82, 2.24) is 0 Å². The van der Waals surface area contributed by atoms with Crippen LogP contribution in [0.4, 0.5) is 20.2 Å². The smallest absolute Gasteiger partial charge is 0.400 e. The molecule has 2 aromatic rings. The van der Waals surface area contributed by atoms with Gasteiger partial charge in [0.2, 0.25) is 0 Å². The second-order valence-electron chi connectivity index (χ2n) is 10.7. The number of nitrogens with two attached hydrogens (primary N) is 2. The zero-order chi connectivity index (χ0) is 28.1. The monoisotopic (exact) mass is 542 g/mol. The number of nitrogen functional groups attached to an aromatic ring is 2. The molecule has 0 aliphatic heterocycles. The average Bonchev–Trinajstić information content (AvgIpc) is 2.91. The number of halogens is 2. The van der Waals surface area contributed by atoms with E-state index in [2.05, 4.69) is 6.92 Å². The lowest BCUT2D eigenvalue weighted by atomic mass is 9.79. The molecule has 214 valence electrons. The molecule has 0 radical (unpaired) electrons. The van der Waals surface area contributed by atoms with Gasteiger partial charge >= 0.3 is 12.1 Å². The second kappa shape index (κ2) is 15.5. The molecule has 0 unspecified atom stereocenters. The Morgan fingerprint density at radius 3 is 2.41 bits per heavy atom. The Balaban J connectivity index is 1.33. The first-order valence-corrected chi connectivity index (χ1v) is 14.4. The van der Waals surface area contributed by atoms with Crippen LogP contribution in [0, 0.1) is 11.8 Å². The number of unbranched alkanes of at least 4 members (excludes halogenated alkanes) is 4. The Bertz CT molecular complexity index is 1050. The van der Waals surface area contributed by atoms with Crippen LogP contribution in [0.25, 0.3) is 6.08 Å². The second-order valence-corrected chi connectivity index (χ2v) is 10.7. The first kappa shape index (κ1) is 30.5. The SMILES string of the molecule is CCCCCC1CCC(C(F)(F)Oc2ccc(/C=C/C(=O)OCCCCCc3ccc(N)cc3N)cc2)CC1. The zero-order valence-electron chi connectivity index (χ0n) is 23.2. The molecule has 3 rings (SSSR count). The predicted octanol–water partition coefficient (Wildman–Crippen LogP) is 8.18. The maximum absolute atomic E-state index is 14.8. The maximum atomic E-state index is 14.8. The van der Waals surface area contributed by atoms with E-state index in [4.69, 9.17) is 20.9 Å². The number of carbonyl (C=O) groups is 1. The van der Waals surface area contributed by atoms with E-state index < -0.39 is 18.0 Å². The van der Waals surface area contributed by atoms with Gasteiger partial charge in [-0.05, 0) is 98.8 Å². The van der Waals surface area contributed by atoms with Crippen LogP contribution in [0.15, 0.2) is 48.5 Å². The van der Waals surface area contributed by atoms with Gasteiger partial charge in [0.15, 0.2) is 0 Å². The van der Waals surface area contributed by atoms with Gasteiger partial charge in [-0.2, -0.15) is 8.78 Å². The van der Waals surface area contributed by atoms with Gasteiger partial charge in [-0.25, -0.2) is 4.79 Å². The van der Waals surface area contributed by atoms with Gasteiger partial charge in [-0.1, -0.05) is 50.8 Å². The molecule has 0 aromatic heterocycles. The molecule has 7 heteroatoms. The van der Waals surface area contributed by atoms with Crippen molar-refractivity contribution in [2.75, 3.05) is 18.1 Å². The number of alkyl halides is 2. The third-order valence-corrected chi connectivity index (χ3v) is 7.59. The Morgan fingerprint density at radius 1 is 0.974 bits per heavy atom. The first-order chi connectivity index (χ1) is 18.8. The van der Waals surface area contributed by atoms with Gasteiger partial charge in [0.1, 0.15) is 5.75 Å². The molecule has 0 heterocycles. The lowest BCUT2D eigenvalue weighted by Gasteiger charge is -2.33. The highest BCUT2D eigenvalue weighted by Crippen LogP contribution is 2.41. The minimum Gasteiger partial charge on any atom is -0.463 e. The molecule has 2 aromatic carbocycles. The molecule has 1 aliphatic rings. The van der Waals surface area contributed by atoms with E-state index in [-0.39, 0.29) is 5.75 Å². The lowest BCUT2D eigenvalue weighted by molar-refractivity contribution is -0.223. The number of hydrogen-bond acceptors (Lipinski definition) is 5. The molecule has 5 nitrogen and oxygen atoms in total. The number of benzene rings is 2. The number of rotatable bonds is 15. The minimum atomic E-state index is -3.18. The van der Waals surface area contributed by atoms with Crippen molar-refractivity contribution >= 4 is 23.4 Å². The maximum Gasteiger partial charge on any atom is 0.400 e. The third-order valence-electron chi connectivity index (χ3n) is 7.59. The van der Waals surface area contributed by atoms with Gasteiger partial charge < -0.3 is 20.9 Å². The van der Waals surface area contributed by atoms with Crippen molar-refractivity contribution in [2.45, 2.75) is 90.1 Å². The first-order valence-electron chi connectivity index (χ1n) is 14.4. The van der Waals surface area contributed by atoms with Gasteiger partial charge in [0.25, 0.3) is 0 Å². The summed E-state index contributed by atoms with van der Waals surface area (Å²) in [6, 6.07) is 11.9. The van der Waals surface area contributed by atoms with Gasteiger partial charge in [0, 0.05) is 17.5 Å². The molecule has 0 spiro atoms. The van der Waals surface area contributed by atoms with E-state index in [0.717, 1.165) is 50.5 Å². The van der Waals surface area contributed by atoms with Gasteiger partial charge in [-0.15, -0.1) is 0 Å². The number of anilines is 2. The summed E-state index contributed by atoms with van der Waals surface area (Å²) in [5, 5.41) is 0. The fourth-order valence-electron chi connectivity index (χ4n) is 5.18. The Hall–Kier alpha value is -3.09. The van der Waals surface area contributed by atoms with Gasteiger partial charge in [-0.3, -0.25) is 0 Å². The number of aryl methyl sites for hydroxylation is 1. The predicted molar refractivity (Wildman–Crippen MR) is 154 cm³/mol. The molecule has 4 N–H and O–H groups in total. The summed E-state index contributed by atoms with van der Waals surface area (Å²) in [6.07, 6.45) is 10.7. The highest BCUT2D eigenvalue weighted by Gasteiger charge is 2.43. The van der Waals surface area contributed by atoms with Crippen LogP contribution < -0.4 is 16.2 Å². The average molecular weight is 543 g/mol. The standard InChI is InChI=1S/C32H44F2N2O3/c1-2-3-5-8-24-10-16-27(17-11-24)32(33,34)39-29-19-12-25(13-20-29)14-21-31(37)38-22-7-4-6-9-26-15-18-28(35)23-30(26)36/h12-15,18-21,23-24,27H,2-11,16-17,22,35-36H2,1H3/b21-14+. The summed E-state index contributed by atoms with van der Waals surface area (Å²) in [7, 11) is 0. The van der Waals surface area contributed by atoms with Crippen LogP contribution in [0.3, 0.4) is 0 Å². The van der Waals surface area contributed by atoms with Crippen molar-refractivity contribution in [1.29, 1.82) is 0 Å². The largest absolute Gasteiger partial charge is 0.463 e. The molecule has 1 saturated carbocycles. The molecular weight excluding hydrogens is 498 g/mol. The van der Waals surface area contributed by atoms with Crippen LogP contribution in [-0.2, 0) is 16.0 Å². The molecule has 0 saturated heterocycles. The molecule has 1 aliphatic carbocycles. The Labute approximate surface area is 231 Å². The molecule has 0 amide bonds. The lowest BCUT2D eigenvalue weighted by Crippen LogP contribution is -2.37. The molecule has 0 bridgehead atoms. The topological polar surface area (TPSA) is 87.6 Å². The van der Waals surface area contributed by atoms with Crippen LogP contribution in [0.1, 0.15) is 88.7 Å². The number of ether oxygens (including phenoxy) is 2. The highest BCUT2D eigenvalue weighted by atomic mass is 19.3. The van der Waals surface area contributed by atoms with E-state index in [1.807, 2.05) is 12.1 Å². The third kappa shape index (κ3) is 10.5. The quantitative estimate of drug-likeness (QED) is 0.103. The van der Waals surface area contributed by atoms with Crippen LogP contribution in [0.2, 0.25) is 0 Å². The van der Waals surface area contributed by atoms with Crippen LogP contribution >= 0.6 is 0 Å². The van der Waals surface area contributed by atoms with E-state index in [0.29, 0.717) is 42.3 Å². The summed E-state index contributed by atoms with van der Waals surface area (Å²) < 4.78 is 40.0. The fourth-order valence-corrected chi connectivity index (χ4v) is 5.18. The van der Waals surface area contributed by atoms with E-state index >= 15 is 0 Å². The summed E-state index contributed by atoms with van der Waals surface area (Å²) >= 11 is 0. The normalized spacial score (nSPS) is 17.8. The summed E-state index contributed by atoms with van der Waals surface area (Å²) in [5.41, 5.74) is 14.8. The molecule has 0 atom stereocenters. The summed E-state index contributed by atoms with van der Waals surface area (Å²) in [5.74, 6) is -0.480. The van der Waals surface area contributed by atoms with Crippen molar-refractivity contribution in [2.24, 2.45) is 11.8 Å². The number of carbonyl (C=O) groups excluding carboxylic acids is 1. The molecular formula is C32H44F2N2O3. The summed E-state index contributed by atoms with van der Waals surface area (Å²) in [6.45, 7) is 2.52. The van der Waals surface area contributed by atoms with Gasteiger partial charge in [0.05, 0.1) is 12.5 Å². The van der Waals surface area contributed by atoms with Crippen molar-refractivity contribution in [3.8, 4) is 5.75 Å². The molecule has 1 fully saturated rings. The van der Waals surface area contributed by atoms with E-state index in [1.54, 1.807) is 24.3 Å². The number of hydrogen-bond donors (Lipinski definition) is 2. The minimum absolute atomic E-state index is 0.130. The Morgan fingerprint density at radius 2 is 1.72 bits per heavy atom. The van der Waals surface area contributed by atoms with Crippen molar-refractivity contribution in [3.63, 3.8) is 0 Å². The van der Waals surface area contributed by atoms with Crippen LogP contribution in [0.5, 0.6) is 5.75 Å². The Kier molecular flexibility index (Phi) is 12.1. The highest BCUT2D eigenvalue weighted by molar-refractivity contribution is 5.87. The van der Waals surface area contributed by atoms with Crippen LogP contribution in [-0.4, -0.2) is 18.7 Å². The summed E-state index contributed by atoms with van der Waals surface area (Å²) in [4.78, 5) is 12.0.